The number of hydrogen-bond acceptors (Lipinski definition) is 5. The topological polar surface area (TPSA) is 87.2 Å². The molecule has 2 fully saturated rings. The zero-order chi connectivity index (χ0) is 18.7. The van der Waals surface area contributed by atoms with Gasteiger partial charge in [-0.1, -0.05) is 30.3 Å². The lowest BCUT2D eigenvalue weighted by atomic mass is 9.74. The van der Waals surface area contributed by atoms with Gasteiger partial charge in [0.25, 0.3) is 5.91 Å². The van der Waals surface area contributed by atoms with Crippen molar-refractivity contribution in [2.75, 3.05) is 13.1 Å². The molecule has 0 aliphatic carbocycles. The lowest BCUT2D eigenvalue weighted by molar-refractivity contribution is -0.134. The Morgan fingerprint density at radius 3 is 2.59 bits per heavy atom. The van der Waals surface area contributed by atoms with Crippen LogP contribution >= 0.6 is 0 Å². The normalized spacial score (nSPS) is 23.5. The number of aromatic nitrogens is 2. The first-order valence-electron chi connectivity index (χ1n) is 9.33. The molecule has 2 aliphatic rings. The molecule has 0 bridgehead atoms. The summed E-state index contributed by atoms with van der Waals surface area (Å²) in [7, 11) is 0. The molecular formula is C20H23N5O2. The summed E-state index contributed by atoms with van der Waals surface area (Å²) in [5.74, 6) is -0.0591. The van der Waals surface area contributed by atoms with E-state index in [2.05, 4.69) is 20.6 Å². The summed E-state index contributed by atoms with van der Waals surface area (Å²) in [6, 6.07) is 9.55. The first-order valence-corrected chi connectivity index (χ1v) is 9.33. The second-order valence-corrected chi connectivity index (χ2v) is 7.18. The van der Waals surface area contributed by atoms with Crippen LogP contribution in [0.15, 0.2) is 48.9 Å². The Balaban J connectivity index is 1.65. The monoisotopic (exact) mass is 365 g/mol. The highest BCUT2D eigenvalue weighted by molar-refractivity contribution is 6.07. The Morgan fingerprint density at radius 2 is 1.89 bits per heavy atom. The molecule has 7 heteroatoms. The Morgan fingerprint density at radius 1 is 1.11 bits per heavy atom. The Bertz CT molecular complexity index is 808. The van der Waals surface area contributed by atoms with Gasteiger partial charge in [-0.25, -0.2) is 4.79 Å². The highest BCUT2D eigenvalue weighted by atomic mass is 16.2. The number of carbonyl (C=O) groups excluding carboxylic acids is 2. The average molecular weight is 365 g/mol. The second kappa shape index (κ2) is 7.44. The summed E-state index contributed by atoms with van der Waals surface area (Å²) in [6.07, 6.45) is 6.94. The van der Waals surface area contributed by atoms with E-state index in [1.54, 1.807) is 18.6 Å². The van der Waals surface area contributed by atoms with Crippen molar-refractivity contribution in [3.05, 3.63) is 60.2 Å². The number of benzene rings is 1. The van der Waals surface area contributed by atoms with E-state index >= 15 is 0 Å². The van der Waals surface area contributed by atoms with Gasteiger partial charge in [0.15, 0.2) is 0 Å². The van der Waals surface area contributed by atoms with E-state index < -0.39 is 5.54 Å². The number of hydrogen-bond donors (Lipinski definition) is 2. The number of nitrogens with zero attached hydrogens (tertiary/aromatic N) is 3. The Hall–Kier alpha value is -2.80. The molecule has 0 radical (unpaired) electrons. The smallest absolute Gasteiger partial charge is 0.322 e. The molecule has 3 amide bonds. The predicted octanol–water partition coefficient (Wildman–Crippen LogP) is 1.51. The molecule has 140 valence electrons. The van der Waals surface area contributed by atoms with Crippen LogP contribution in [0, 0.1) is 5.92 Å². The van der Waals surface area contributed by atoms with E-state index in [9.17, 15) is 9.59 Å². The van der Waals surface area contributed by atoms with Crippen LogP contribution in [0.2, 0.25) is 0 Å². The number of amides is 3. The molecule has 3 heterocycles. The van der Waals surface area contributed by atoms with Crippen LogP contribution in [0.25, 0.3) is 0 Å². The van der Waals surface area contributed by atoms with Crippen LogP contribution in [-0.2, 0) is 17.8 Å². The lowest BCUT2D eigenvalue weighted by Gasteiger charge is -2.38. The van der Waals surface area contributed by atoms with Crippen LogP contribution in [-0.4, -0.2) is 45.4 Å². The molecule has 0 saturated carbocycles. The van der Waals surface area contributed by atoms with Crippen molar-refractivity contribution in [3.63, 3.8) is 0 Å². The van der Waals surface area contributed by atoms with Gasteiger partial charge < -0.3 is 10.6 Å². The highest BCUT2D eigenvalue weighted by Crippen LogP contribution is 2.35. The van der Waals surface area contributed by atoms with Crippen LogP contribution in [0.5, 0.6) is 0 Å². The van der Waals surface area contributed by atoms with Crippen LogP contribution in [0.4, 0.5) is 4.79 Å². The number of rotatable bonds is 5. The fourth-order valence-corrected chi connectivity index (χ4v) is 4.14. The van der Waals surface area contributed by atoms with Gasteiger partial charge in [-0.05, 0) is 37.4 Å². The molecule has 7 nitrogen and oxygen atoms in total. The number of nitrogens with one attached hydrogen (secondary N) is 2. The third-order valence-corrected chi connectivity index (χ3v) is 5.50. The van der Waals surface area contributed by atoms with E-state index in [1.165, 1.54) is 4.90 Å². The maximum atomic E-state index is 13.5. The Labute approximate surface area is 158 Å². The molecule has 1 aromatic heterocycles. The van der Waals surface area contributed by atoms with Gasteiger partial charge in [-0.3, -0.25) is 19.7 Å². The summed E-state index contributed by atoms with van der Waals surface area (Å²) in [5.41, 5.74) is 0.746. The molecule has 0 spiro atoms. The van der Waals surface area contributed by atoms with Crippen LogP contribution in [0.1, 0.15) is 24.1 Å². The number of imide groups is 1. The van der Waals surface area contributed by atoms with E-state index in [-0.39, 0.29) is 24.4 Å². The van der Waals surface area contributed by atoms with Gasteiger partial charge in [0.1, 0.15) is 5.54 Å². The van der Waals surface area contributed by atoms with Crippen molar-refractivity contribution in [1.82, 2.24) is 25.5 Å². The average Bonchev–Trinajstić information content (AvgIpc) is 2.95. The maximum absolute atomic E-state index is 13.5. The van der Waals surface area contributed by atoms with Gasteiger partial charge in [0.05, 0.1) is 18.4 Å². The Kier molecular flexibility index (Phi) is 4.85. The van der Waals surface area contributed by atoms with E-state index in [1.807, 2.05) is 30.3 Å². The zero-order valence-corrected chi connectivity index (χ0v) is 15.1. The molecule has 1 aromatic carbocycles. The summed E-state index contributed by atoms with van der Waals surface area (Å²) >= 11 is 0. The fraction of sp³-hybridized carbons (Fsp3) is 0.400. The summed E-state index contributed by atoms with van der Waals surface area (Å²) in [4.78, 5) is 35.8. The minimum absolute atomic E-state index is 0.0993. The first kappa shape index (κ1) is 17.6. The molecule has 4 rings (SSSR count). The van der Waals surface area contributed by atoms with E-state index in [0.29, 0.717) is 12.1 Å². The van der Waals surface area contributed by atoms with Crippen molar-refractivity contribution in [2.45, 2.75) is 31.3 Å². The second-order valence-electron chi connectivity index (χ2n) is 7.18. The van der Waals surface area contributed by atoms with Crippen molar-refractivity contribution in [2.24, 2.45) is 5.92 Å². The molecule has 2 N–H and O–H groups in total. The maximum Gasteiger partial charge on any atom is 0.325 e. The molecule has 2 aromatic rings. The third-order valence-electron chi connectivity index (χ3n) is 5.50. The highest BCUT2D eigenvalue weighted by Gasteiger charge is 2.55. The zero-order valence-electron chi connectivity index (χ0n) is 15.1. The molecular weight excluding hydrogens is 342 g/mol. The van der Waals surface area contributed by atoms with Gasteiger partial charge in [-0.15, -0.1) is 0 Å². The van der Waals surface area contributed by atoms with Crippen molar-refractivity contribution < 1.29 is 9.59 Å². The molecule has 2 aliphatic heterocycles. The van der Waals surface area contributed by atoms with Gasteiger partial charge in [0, 0.05) is 18.8 Å². The molecule has 1 unspecified atom stereocenters. The molecule has 1 atom stereocenters. The van der Waals surface area contributed by atoms with Crippen molar-refractivity contribution >= 4 is 11.9 Å². The van der Waals surface area contributed by atoms with Gasteiger partial charge in [-0.2, -0.15) is 0 Å². The SMILES string of the molecule is O=C1NC(Cc2ccccc2)(C2CCNCC2)C(=O)N1Cc1cnccn1. The van der Waals surface area contributed by atoms with Crippen LogP contribution < -0.4 is 10.6 Å². The largest absolute Gasteiger partial charge is 0.325 e. The minimum atomic E-state index is -0.900. The number of urea groups is 1. The third kappa shape index (κ3) is 3.42. The first-order chi connectivity index (χ1) is 13.2. The van der Waals surface area contributed by atoms with E-state index in [4.69, 9.17) is 0 Å². The van der Waals surface area contributed by atoms with Crippen LogP contribution in [0.3, 0.4) is 0 Å². The lowest BCUT2D eigenvalue weighted by Crippen LogP contribution is -2.57. The number of carbonyl (C=O) groups is 2. The van der Waals surface area contributed by atoms with Crippen molar-refractivity contribution in [1.29, 1.82) is 0 Å². The van der Waals surface area contributed by atoms with Crippen molar-refractivity contribution in [3.8, 4) is 0 Å². The summed E-state index contributed by atoms with van der Waals surface area (Å²) in [5, 5.41) is 6.41. The summed E-state index contributed by atoms with van der Waals surface area (Å²) < 4.78 is 0. The molecule has 27 heavy (non-hydrogen) atoms. The van der Waals surface area contributed by atoms with E-state index in [0.717, 1.165) is 31.5 Å². The van der Waals surface area contributed by atoms with Gasteiger partial charge >= 0.3 is 6.03 Å². The fourth-order valence-electron chi connectivity index (χ4n) is 4.14. The summed E-state index contributed by atoms with van der Waals surface area (Å²) in [6.45, 7) is 1.85. The number of piperidine rings is 1. The van der Waals surface area contributed by atoms with Gasteiger partial charge in [0.2, 0.25) is 0 Å². The quantitative estimate of drug-likeness (QED) is 0.785. The predicted molar refractivity (Wildman–Crippen MR) is 99.6 cm³/mol. The standard InChI is InChI=1S/C20H23N5O2/c26-18-20(16-6-8-21-9-7-16,12-15-4-2-1-3-5-15)24-19(27)25(18)14-17-13-22-10-11-23-17/h1-5,10-11,13,16,21H,6-9,12,14H2,(H,24,27). The minimum Gasteiger partial charge on any atom is -0.322 e. The molecule has 2 saturated heterocycles.